The fraction of sp³-hybridized carbons (Fsp3) is 0.867. The van der Waals surface area contributed by atoms with Crippen LogP contribution in [0.2, 0.25) is 0 Å². The zero-order valence-corrected chi connectivity index (χ0v) is 11.5. The summed E-state index contributed by atoms with van der Waals surface area (Å²) in [6, 6.07) is 0.109. The van der Waals surface area contributed by atoms with Gasteiger partial charge >= 0.3 is 5.97 Å². The number of ether oxygens (including phenoxy) is 1. The van der Waals surface area contributed by atoms with Crippen LogP contribution in [0.1, 0.15) is 44.9 Å². The largest absolute Gasteiger partial charge is 0.469 e. The zero-order valence-electron chi connectivity index (χ0n) is 11.5. The molecule has 0 aromatic rings. The number of likely N-dealkylation sites (tertiary alicyclic amines) is 1. The predicted molar refractivity (Wildman–Crippen MR) is 68.2 cm³/mol. The number of esters is 1. The summed E-state index contributed by atoms with van der Waals surface area (Å²) in [5.41, 5.74) is -0.361. The molecule has 4 nitrogen and oxygen atoms in total. The second-order valence-corrected chi connectivity index (χ2v) is 6.92. The smallest absolute Gasteiger partial charge is 0.313 e. The van der Waals surface area contributed by atoms with Crippen LogP contribution < -0.4 is 0 Å². The van der Waals surface area contributed by atoms with Gasteiger partial charge in [0.05, 0.1) is 17.9 Å². The number of methoxy groups -OCH3 is 1. The van der Waals surface area contributed by atoms with E-state index in [1.807, 2.05) is 0 Å². The molecule has 4 aliphatic rings. The molecule has 0 aromatic carbocycles. The molecule has 0 radical (unpaired) electrons. The van der Waals surface area contributed by atoms with Crippen LogP contribution in [0, 0.1) is 16.7 Å². The van der Waals surface area contributed by atoms with Gasteiger partial charge in [0.1, 0.15) is 0 Å². The van der Waals surface area contributed by atoms with E-state index in [-0.39, 0.29) is 17.4 Å². The van der Waals surface area contributed by atoms with Gasteiger partial charge in [0.2, 0.25) is 5.91 Å². The monoisotopic (exact) mass is 263 g/mol. The van der Waals surface area contributed by atoms with E-state index in [9.17, 15) is 9.59 Å². The van der Waals surface area contributed by atoms with Crippen LogP contribution in [-0.2, 0) is 14.3 Å². The fourth-order valence-corrected chi connectivity index (χ4v) is 4.64. The number of amides is 1. The lowest BCUT2D eigenvalue weighted by atomic mass is 9.74. The van der Waals surface area contributed by atoms with Crippen LogP contribution in [0.15, 0.2) is 0 Å². The minimum absolute atomic E-state index is 0.0296. The molecule has 0 aromatic heterocycles. The second-order valence-electron chi connectivity index (χ2n) is 6.92. The third-order valence-electron chi connectivity index (χ3n) is 6.10. The highest BCUT2D eigenvalue weighted by Crippen LogP contribution is 2.76. The van der Waals surface area contributed by atoms with Crippen LogP contribution in [0.3, 0.4) is 0 Å². The van der Waals surface area contributed by atoms with E-state index in [1.165, 1.54) is 7.11 Å². The molecule has 0 bridgehead atoms. The highest BCUT2D eigenvalue weighted by atomic mass is 16.5. The number of hydrogen-bond acceptors (Lipinski definition) is 3. The molecule has 0 unspecified atom stereocenters. The van der Waals surface area contributed by atoms with E-state index in [0.29, 0.717) is 11.8 Å². The predicted octanol–water partition coefficient (Wildman–Crippen LogP) is 1.73. The van der Waals surface area contributed by atoms with Crippen LogP contribution >= 0.6 is 0 Å². The molecular weight excluding hydrogens is 242 g/mol. The van der Waals surface area contributed by atoms with Crippen molar-refractivity contribution in [3.8, 4) is 0 Å². The molecule has 2 atom stereocenters. The number of hydrogen-bond donors (Lipinski definition) is 0. The van der Waals surface area contributed by atoms with Gasteiger partial charge in [-0.3, -0.25) is 9.59 Å². The Morgan fingerprint density at radius 1 is 1.16 bits per heavy atom. The quantitative estimate of drug-likeness (QED) is 0.713. The van der Waals surface area contributed by atoms with Crippen molar-refractivity contribution in [3.05, 3.63) is 0 Å². The summed E-state index contributed by atoms with van der Waals surface area (Å²) in [5, 5.41) is 0. The molecule has 0 spiro atoms. The van der Waals surface area contributed by atoms with E-state index in [0.717, 1.165) is 51.5 Å². The summed E-state index contributed by atoms with van der Waals surface area (Å²) in [4.78, 5) is 27.0. The van der Waals surface area contributed by atoms with Crippen LogP contribution in [0.5, 0.6) is 0 Å². The van der Waals surface area contributed by atoms with Crippen LogP contribution in [0.4, 0.5) is 0 Å². The van der Waals surface area contributed by atoms with Crippen molar-refractivity contribution in [2.45, 2.75) is 51.0 Å². The standard InChI is InChI=1S/C15H21NO3/c1-19-13(18)14-5-2-4-11(14)16(7-3-6-14)12(17)15-8-10(15)9-15/h10-11H,2-9H2,1H3/t10?,11-,14+,15?/m1/s1. The van der Waals surface area contributed by atoms with Gasteiger partial charge in [-0.25, -0.2) is 0 Å². The summed E-state index contributed by atoms with van der Waals surface area (Å²) in [7, 11) is 1.48. The number of carbonyl (C=O) groups is 2. The van der Waals surface area contributed by atoms with Gasteiger partial charge in [-0.15, -0.1) is 0 Å². The highest BCUT2D eigenvalue weighted by molar-refractivity contribution is 5.91. The summed E-state index contributed by atoms with van der Waals surface area (Å²) in [6.07, 6.45) is 6.94. The molecule has 4 fully saturated rings. The van der Waals surface area contributed by atoms with E-state index in [2.05, 4.69) is 4.90 Å². The molecule has 1 saturated heterocycles. The Bertz CT molecular complexity index is 454. The first kappa shape index (κ1) is 11.7. The lowest BCUT2D eigenvalue weighted by molar-refractivity contribution is -0.162. The van der Waals surface area contributed by atoms with Gasteiger partial charge < -0.3 is 9.64 Å². The average Bonchev–Trinajstić information content (AvgIpc) is 3.23. The van der Waals surface area contributed by atoms with Gasteiger partial charge in [0.25, 0.3) is 0 Å². The second kappa shape index (κ2) is 3.53. The number of carbonyl (C=O) groups excluding carboxylic acids is 2. The first-order valence-electron chi connectivity index (χ1n) is 7.53. The Morgan fingerprint density at radius 2 is 1.84 bits per heavy atom. The molecule has 1 heterocycles. The summed E-state index contributed by atoms with van der Waals surface area (Å²) in [6.45, 7) is 0.844. The Balaban J connectivity index is 1.63. The zero-order chi connectivity index (χ0) is 13.3. The Kier molecular flexibility index (Phi) is 2.18. The summed E-state index contributed by atoms with van der Waals surface area (Å²) >= 11 is 0. The maximum absolute atomic E-state index is 12.7. The van der Waals surface area contributed by atoms with Crippen molar-refractivity contribution >= 4 is 11.9 Å². The summed E-state index contributed by atoms with van der Waals surface area (Å²) < 4.78 is 5.06. The Hall–Kier alpha value is -1.06. The Morgan fingerprint density at radius 3 is 2.47 bits per heavy atom. The molecule has 19 heavy (non-hydrogen) atoms. The molecule has 3 aliphatic carbocycles. The number of rotatable bonds is 2. The number of nitrogens with zero attached hydrogens (tertiary/aromatic N) is 1. The van der Waals surface area contributed by atoms with Gasteiger partial charge in [0, 0.05) is 12.6 Å². The normalized spacial score (nSPS) is 46.3. The maximum Gasteiger partial charge on any atom is 0.313 e. The first-order chi connectivity index (χ1) is 9.14. The minimum Gasteiger partial charge on any atom is -0.469 e. The lowest BCUT2D eigenvalue weighted by Crippen LogP contribution is -2.56. The SMILES string of the molecule is COC(=O)[C@]12CCC[C@H]1N(C(=O)C13CC1C3)CCC2. The topological polar surface area (TPSA) is 46.6 Å². The van der Waals surface area contributed by atoms with Crippen LogP contribution in [0.25, 0.3) is 0 Å². The van der Waals surface area contributed by atoms with Crippen molar-refractivity contribution in [1.82, 2.24) is 4.90 Å². The number of fused-ring (bicyclic) bond motifs is 2. The summed E-state index contributed by atoms with van der Waals surface area (Å²) in [5.74, 6) is 0.932. The van der Waals surface area contributed by atoms with Crippen molar-refractivity contribution < 1.29 is 14.3 Å². The van der Waals surface area contributed by atoms with Crippen molar-refractivity contribution in [2.75, 3.05) is 13.7 Å². The molecule has 4 heteroatoms. The minimum atomic E-state index is -0.390. The first-order valence-corrected chi connectivity index (χ1v) is 7.53. The van der Waals surface area contributed by atoms with Crippen molar-refractivity contribution in [1.29, 1.82) is 0 Å². The van der Waals surface area contributed by atoms with Crippen molar-refractivity contribution in [3.63, 3.8) is 0 Å². The van der Waals surface area contributed by atoms with E-state index in [1.54, 1.807) is 0 Å². The molecule has 1 aliphatic heterocycles. The molecule has 104 valence electrons. The molecular formula is C15H21NO3. The fourth-order valence-electron chi connectivity index (χ4n) is 4.64. The van der Waals surface area contributed by atoms with Gasteiger partial charge in [-0.05, 0) is 44.4 Å². The van der Waals surface area contributed by atoms with Gasteiger partial charge in [-0.2, -0.15) is 0 Å². The van der Waals surface area contributed by atoms with E-state index < -0.39 is 5.41 Å². The molecule has 4 rings (SSSR count). The van der Waals surface area contributed by atoms with Gasteiger partial charge in [-0.1, -0.05) is 6.42 Å². The molecule has 3 saturated carbocycles. The third-order valence-corrected chi connectivity index (χ3v) is 6.10. The average molecular weight is 263 g/mol. The van der Waals surface area contributed by atoms with Crippen molar-refractivity contribution in [2.24, 2.45) is 16.7 Å². The highest BCUT2D eigenvalue weighted by Gasteiger charge is 2.76. The van der Waals surface area contributed by atoms with Crippen LogP contribution in [-0.4, -0.2) is 36.5 Å². The van der Waals surface area contributed by atoms with Gasteiger partial charge in [0.15, 0.2) is 0 Å². The lowest BCUT2D eigenvalue weighted by Gasteiger charge is -2.45. The maximum atomic E-state index is 12.7. The van der Waals surface area contributed by atoms with E-state index in [4.69, 9.17) is 4.74 Å². The van der Waals surface area contributed by atoms with E-state index >= 15 is 0 Å². The number of piperidine rings is 1. The molecule has 1 amide bonds. The molecule has 0 N–H and O–H groups in total. The third kappa shape index (κ3) is 1.35. The Labute approximate surface area is 113 Å².